The van der Waals surface area contributed by atoms with E-state index >= 15 is 0 Å². The Kier molecular flexibility index (Phi) is 4.83. The van der Waals surface area contributed by atoms with Crippen molar-refractivity contribution in [1.29, 1.82) is 0 Å². The van der Waals surface area contributed by atoms with Gasteiger partial charge in [-0.05, 0) is 19.8 Å². The maximum absolute atomic E-state index is 12.2. The number of piperidine rings is 1. The fraction of sp³-hybridized carbons (Fsp3) is 0.467. The van der Waals surface area contributed by atoms with Crippen LogP contribution < -0.4 is 5.32 Å². The highest BCUT2D eigenvalue weighted by molar-refractivity contribution is 5.80. The van der Waals surface area contributed by atoms with Crippen LogP contribution in [0.5, 0.6) is 0 Å². The second-order valence-corrected chi connectivity index (χ2v) is 5.94. The predicted octanol–water partition coefficient (Wildman–Crippen LogP) is 1.79. The molecule has 2 amide bonds. The number of likely N-dealkylation sites (tertiary alicyclic amines) is 1. The first-order valence-electron chi connectivity index (χ1n) is 7.32. The summed E-state index contributed by atoms with van der Waals surface area (Å²) >= 11 is 0. The van der Waals surface area contributed by atoms with Crippen LogP contribution >= 0.6 is 0 Å². The van der Waals surface area contributed by atoms with Crippen LogP contribution in [0.2, 0.25) is 0 Å². The minimum Gasteiger partial charge on any atom is -0.465 e. The normalized spacial score (nSPS) is 16.7. The molecule has 8 nitrogen and oxygen atoms in total. The lowest BCUT2D eigenvalue weighted by molar-refractivity contribution is -0.385. The fourth-order valence-corrected chi connectivity index (χ4v) is 2.71. The van der Waals surface area contributed by atoms with Gasteiger partial charge in [0.05, 0.1) is 11.3 Å². The molecule has 1 heterocycles. The van der Waals surface area contributed by atoms with E-state index in [1.54, 1.807) is 18.2 Å². The zero-order valence-electron chi connectivity index (χ0n) is 12.8. The van der Waals surface area contributed by atoms with E-state index in [1.807, 2.05) is 6.92 Å². The highest BCUT2D eigenvalue weighted by Gasteiger charge is 2.33. The van der Waals surface area contributed by atoms with Gasteiger partial charge in [-0.3, -0.25) is 14.9 Å². The number of hydrogen-bond acceptors (Lipinski definition) is 4. The number of rotatable bonds is 4. The SMILES string of the molecule is CC1(NC(=O)Cc2ccccc2[N+](=O)[O-])CCN(C(=O)O)CC1. The molecule has 8 heteroatoms. The predicted molar refractivity (Wildman–Crippen MR) is 82.2 cm³/mol. The van der Waals surface area contributed by atoms with Crippen molar-refractivity contribution in [2.45, 2.75) is 31.7 Å². The lowest BCUT2D eigenvalue weighted by Crippen LogP contribution is -2.54. The largest absolute Gasteiger partial charge is 0.465 e. The van der Waals surface area contributed by atoms with Crippen LogP contribution in [-0.4, -0.2) is 45.6 Å². The van der Waals surface area contributed by atoms with Crippen molar-refractivity contribution in [3.63, 3.8) is 0 Å². The van der Waals surface area contributed by atoms with Gasteiger partial charge in [-0.15, -0.1) is 0 Å². The van der Waals surface area contributed by atoms with Crippen LogP contribution in [-0.2, 0) is 11.2 Å². The van der Waals surface area contributed by atoms with Gasteiger partial charge in [0.25, 0.3) is 5.69 Å². The molecule has 0 bridgehead atoms. The maximum atomic E-state index is 12.2. The van der Waals surface area contributed by atoms with E-state index in [0.29, 0.717) is 31.5 Å². The number of benzene rings is 1. The van der Waals surface area contributed by atoms with Gasteiger partial charge in [0.2, 0.25) is 5.91 Å². The van der Waals surface area contributed by atoms with Crippen molar-refractivity contribution in [2.75, 3.05) is 13.1 Å². The van der Waals surface area contributed by atoms with Gasteiger partial charge in [0.15, 0.2) is 0 Å². The molecule has 0 unspecified atom stereocenters. The van der Waals surface area contributed by atoms with Crippen LogP contribution in [0.1, 0.15) is 25.3 Å². The number of para-hydroxylation sites is 1. The zero-order chi connectivity index (χ0) is 17.0. The number of nitro benzene ring substituents is 1. The standard InChI is InChI=1S/C15H19N3O5/c1-15(6-8-17(9-7-15)14(20)21)16-13(19)10-11-4-2-3-5-12(11)18(22)23/h2-5H,6-10H2,1H3,(H,16,19)(H,20,21). The Labute approximate surface area is 133 Å². The van der Waals surface area contributed by atoms with Gasteiger partial charge in [-0.1, -0.05) is 18.2 Å². The van der Waals surface area contributed by atoms with E-state index in [9.17, 15) is 19.7 Å². The molecule has 1 aliphatic rings. The number of carboxylic acid groups (broad SMARTS) is 1. The summed E-state index contributed by atoms with van der Waals surface area (Å²) in [5.41, 5.74) is -0.206. The summed E-state index contributed by atoms with van der Waals surface area (Å²) in [7, 11) is 0. The maximum Gasteiger partial charge on any atom is 0.407 e. The molecule has 1 saturated heterocycles. The average molecular weight is 321 g/mol. The zero-order valence-corrected chi connectivity index (χ0v) is 12.8. The molecule has 23 heavy (non-hydrogen) atoms. The molecular formula is C15H19N3O5. The Hall–Kier alpha value is -2.64. The van der Waals surface area contributed by atoms with Crippen LogP contribution in [0.15, 0.2) is 24.3 Å². The molecule has 1 aromatic carbocycles. The molecule has 0 atom stereocenters. The van der Waals surface area contributed by atoms with Gasteiger partial charge < -0.3 is 15.3 Å². The van der Waals surface area contributed by atoms with Gasteiger partial charge in [-0.25, -0.2) is 4.79 Å². The minimum absolute atomic E-state index is 0.0740. The quantitative estimate of drug-likeness (QED) is 0.648. The van der Waals surface area contributed by atoms with Crippen molar-refractivity contribution in [2.24, 2.45) is 0 Å². The molecular weight excluding hydrogens is 302 g/mol. The van der Waals surface area contributed by atoms with Crippen molar-refractivity contribution in [3.05, 3.63) is 39.9 Å². The van der Waals surface area contributed by atoms with Gasteiger partial charge in [0.1, 0.15) is 0 Å². The number of carbonyl (C=O) groups excluding carboxylic acids is 1. The molecule has 124 valence electrons. The van der Waals surface area contributed by atoms with Crippen LogP contribution in [0.25, 0.3) is 0 Å². The van der Waals surface area contributed by atoms with E-state index in [2.05, 4.69) is 5.32 Å². The molecule has 0 saturated carbocycles. The third-order valence-corrected chi connectivity index (χ3v) is 4.12. The smallest absolute Gasteiger partial charge is 0.407 e. The summed E-state index contributed by atoms with van der Waals surface area (Å²) in [6.07, 6.45) is -0.00235. The van der Waals surface area contributed by atoms with Gasteiger partial charge >= 0.3 is 6.09 Å². The topological polar surface area (TPSA) is 113 Å². The fourth-order valence-electron chi connectivity index (χ4n) is 2.71. The lowest BCUT2D eigenvalue weighted by atomic mass is 9.89. The highest BCUT2D eigenvalue weighted by Crippen LogP contribution is 2.23. The molecule has 0 aromatic heterocycles. The van der Waals surface area contributed by atoms with Gasteiger partial charge in [-0.2, -0.15) is 0 Å². The van der Waals surface area contributed by atoms with E-state index in [-0.39, 0.29) is 18.0 Å². The lowest BCUT2D eigenvalue weighted by Gasteiger charge is -2.38. The van der Waals surface area contributed by atoms with Crippen LogP contribution in [0, 0.1) is 10.1 Å². The summed E-state index contributed by atoms with van der Waals surface area (Å²) in [5, 5.41) is 22.8. The number of nitro groups is 1. The van der Waals surface area contributed by atoms with E-state index in [0.717, 1.165) is 0 Å². The Bertz CT molecular complexity index is 623. The number of hydrogen-bond donors (Lipinski definition) is 2. The molecule has 1 aliphatic heterocycles. The highest BCUT2D eigenvalue weighted by atomic mass is 16.6. The van der Waals surface area contributed by atoms with Crippen molar-refractivity contribution in [3.8, 4) is 0 Å². The van der Waals surface area contributed by atoms with Crippen molar-refractivity contribution >= 4 is 17.7 Å². The third-order valence-electron chi connectivity index (χ3n) is 4.12. The van der Waals surface area contributed by atoms with Crippen LogP contribution in [0.4, 0.5) is 10.5 Å². The number of nitrogens with one attached hydrogen (secondary N) is 1. The Morgan fingerprint density at radius 1 is 1.35 bits per heavy atom. The Morgan fingerprint density at radius 2 is 1.96 bits per heavy atom. The van der Waals surface area contributed by atoms with Gasteiger partial charge in [0, 0.05) is 30.3 Å². The number of nitrogens with zero attached hydrogens (tertiary/aromatic N) is 2. The van der Waals surface area contributed by atoms with E-state index in [4.69, 9.17) is 5.11 Å². The molecule has 1 fully saturated rings. The van der Waals surface area contributed by atoms with Crippen molar-refractivity contribution in [1.82, 2.24) is 10.2 Å². The first-order valence-corrected chi connectivity index (χ1v) is 7.32. The van der Waals surface area contributed by atoms with Crippen molar-refractivity contribution < 1.29 is 19.6 Å². The summed E-state index contributed by atoms with van der Waals surface area (Å²) < 4.78 is 0. The second-order valence-electron chi connectivity index (χ2n) is 5.94. The molecule has 0 spiro atoms. The number of amides is 2. The van der Waals surface area contributed by atoms with Crippen LogP contribution in [0.3, 0.4) is 0 Å². The molecule has 2 N–H and O–H groups in total. The summed E-state index contributed by atoms with van der Waals surface area (Å²) in [4.78, 5) is 34.9. The minimum atomic E-state index is -0.960. The Balaban J connectivity index is 1.98. The second kappa shape index (κ2) is 6.64. The van der Waals surface area contributed by atoms with E-state index in [1.165, 1.54) is 11.0 Å². The average Bonchev–Trinajstić information content (AvgIpc) is 2.47. The molecule has 2 rings (SSSR count). The summed E-state index contributed by atoms with van der Waals surface area (Å²) in [6.45, 7) is 2.58. The molecule has 1 aromatic rings. The molecule has 0 radical (unpaired) electrons. The first-order chi connectivity index (χ1) is 10.8. The Morgan fingerprint density at radius 3 is 2.52 bits per heavy atom. The number of carbonyl (C=O) groups is 2. The monoisotopic (exact) mass is 321 g/mol. The molecule has 0 aliphatic carbocycles. The summed E-state index contributed by atoms with van der Waals surface area (Å²) in [6, 6.07) is 6.15. The summed E-state index contributed by atoms with van der Waals surface area (Å²) in [5.74, 6) is -0.300. The first kappa shape index (κ1) is 16.7. The van der Waals surface area contributed by atoms with E-state index < -0.39 is 16.6 Å². The third kappa shape index (κ3) is 4.18.